The molecule has 0 radical (unpaired) electrons. The molecule has 0 bridgehead atoms. The number of nitrogens with one attached hydrogen (secondary N) is 3. The Bertz CT molecular complexity index is 1410. The second-order valence-corrected chi connectivity index (χ2v) is 9.81. The Labute approximate surface area is 237 Å². The summed E-state index contributed by atoms with van der Waals surface area (Å²) in [6.07, 6.45) is 2.46. The van der Waals surface area contributed by atoms with Crippen molar-refractivity contribution in [1.29, 1.82) is 0 Å². The van der Waals surface area contributed by atoms with Gasteiger partial charge >= 0.3 is 5.97 Å². The number of carbonyl (C=O) groups excluding carboxylic acids is 2. The number of hydrogen-bond acceptors (Lipinski definition) is 8. The predicted octanol–water partition coefficient (Wildman–Crippen LogP) is 3.93. The zero-order valence-corrected chi connectivity index (χ0v) is 23.2. The number of likely N-dealkylation sites (N-methyl/N-ethyl adjacent to an activating group) is 1. The molecule has 0 aliphatic heterocycles. The van der Waals surface area contributed by atoms with Crippen molar-refractivity contribution in [3.05, 3.63) is 70.8 Å². The van der Waals surface area contributed by atoms with E-state index in [-0.39, 0.29) is 18.0 Å². The van der Waals surface area contributed by atoms with E-state index >= 15 is 0 Å². The summed E-state index contributed by atoms with van der Waals surface area (Å²) < 4.78 is 6.01. The maximum Gasteiger partial charge on any atom is 0.323 e. The fourth-order valence-electron chi connectivity index (χ4n) is 4.44. The van der Waals surface area contributed by atoms with Gasteiger partial charge in [-0.25, -0.2) is 4.98 Å². The Balaban J connectivity index is 1.68. The first kappa shape index (κ1) is 28.9. The number of nitrogens with zero attached hydrogens (tertiary/aromatic N) is 4. The molecule has 40 heavy (non-hydrogen) atoms. The third-order valence-corrected chi connectivity index (χ3v) is 6.86. The maximum atomic E-state index is 13.2. The highest BCUT2D eigenvalue weighted by atomic mass is 35.5. The lowest BCUT2D eigenvalue weighted by Gasteiger charge is -2.22. The van der Waals surface area contributed by atoms with Crippen LogP contribution in [0.5, 0.6) is 0 Å². The van der Waals surface area contributed by atoms with Gasteiger partial charge in [-0.1, -0.05) is 67.4 Å². The van der Waals surface area contributed by atoms with Gasteiger partial charge in [0.05, 0.1) is 5.69 Å². The molecule has 5 N–H and O–H groups in total. The Morgan fingerprint density at radius 2 is 1.95 bits per heavy atom. The second kappa shape index (κ2) is 13.8. The first-order valence-electron chi connectivity index (χ1n) is 13.2. The average Bonchev–Trinajstić information content (AvgIpc) is 3.62. The van der Waals surface area contributed by atoms with Crippen molar-refractivity contribution in [2.75, 3.05) is 7.05 Å². The van der Waals surface area contributed by atoms with E-state index in [1.165, 1.54) is 0 Å². The minimum Gasteiger partial charge on any atom is -0.454 e. The number of hydrogen-bond donors (Lipinski definition) is 4. The van der Waals surface area contributed by atoms with E-state index in [1.54, 1.807) is 7.05 Å². The van der Waals surface area contributed by atoms with E-state index in [4.69, 9.17) is 22.1 Å². The van der Waals surface area contributed by atoms with Crippen LogP contribution in [0.15, 0.2) is 48.5 Å². The second-order valence-electron chi connectivity index (χ2n) is 9.45. The van der Waals surface area contributed by atoms with Gasteiger partial charge in [0.2, 0.25) is 11.7 Å². The maximum absolute atomic E-state index is 13.2. The minimum absolute atomic E-state index is 0.0479. The van der Waals surface area contributed by atoms with Crippen LogP contribution in [-0.4, -0.2) is 55.6 Å². The number of primary amides is 1. The summed E-state index contributed by atoms with van der Waals surface area (Å²) >= 11 is 6.56. The number of rotatable bonds is 14. The highest BCUT2D eigenvalue weighted by molar-refractivity contribution is 6.30. The van der Waals surface area contributed by atoms with Crippen molar-refractivity contribution < 1.29 is 14.3 Å². The fourth-order valence-corrected chi connectivity index (χ4v) is 4.72. The quantitative estimate of drug-likeness (QED) is 0.167. The van der Waals surface area contributed by atoms with E-state index < -0.39 is 24.0 Å². The van der Waals surface area contributed by atoms with Gasteiger partial charge in [-0.05, 0) is 47.9 Å². The van der Waals surface area contributed by atoms with E-state index in [1.807, 2.05) is 48.5 Å². The topological polar surface area (TPSA) is 165 Å². The van der Waals surface area contributed by atoms with Crippen LogP contribution in [0.3, 0.4) is 0 Å². The lowest BCUT2D eigenvalue weighted by atomic mass is 9.95. The van der Waals surface area contributed by atoms with E-state index in [0.717, 1.165) is 47.3 Å². The average molecular weight is 565 g/mol. The van der Waals surface area contributed by atoms with Crippen LogP contribution in [0.25, 0.3) is 22.5 Å². The van der Waals surface area contributed by atoms with Gasteiger partial charge in [-0.3, -0.25) is 9.59 Å². The molecule has 4 rings (SSSR count). The number of imidazole rings is 1. The standard InChI is InChI=1S/C28H33ClN8O3/c1-3-4-10-24-32-25(26(29)33-24)22(40-28(39)21(31-2)13-14-23(30)38)16-17-11-12-19(18-8-6-5-7-9-18)20(15-17)27-34-36-37-35-27/h5-9,11-12,15,21-22,31H,3-4,10,13-14,16H2,1-2H3,(H2,30,38)(H,32,33)(H,34,35,36,37)/t21-,22-/m1/s1. The summed E-state index contributed by atoms with van der Waals surface area (Å²) in [6.45, 7) is 2.10. The first-order chi connectivity index (χ1) is 19.4. The number of ether oxygens (including phenoxy) is 1. The molecule has 0 unspecified atom stereocenters. The molecule has 0 aliphatic carbocycles. The van der Waals surface area contributed by atoms with Crippen LogP contribution < -0.4 is 11.1 Å². The van der Waals surface area contributed by atoms with Crippen LogP contribution >= 0.6 is 11.6 Å². The molecule has 12 heteroatoms. The first-order valence-corrected chi connectivity index (χ1v) is 13.6. The van der Waals surface area contributed by atoms with Crippen molar-refractivity contribution in [2.24, 2.45) is 5.73 Å². The zero-order valence-electron chi connectivity index (χ0n) is 22.5. The van der Waals surface area contributed by atoms with Crippen LogP contribution in [0.1, 0.15) is 55.8 Å². The Morgan fingerprint density at radius 3 is 2.62 bits per heavy atom. The molecular weight excluding hydrogens is 532 g/mol. The highest BCUT2D eigenvalue weighted by Crippen LogP contribution is 2.34. The molecule has 4 aromatic rings. The number of tetrazole rings is 1. The molecule has 0 spiro atoms. The summed E-state index contributed by atoms with van der Waals surface area (Å²) in [4.78, 5) is 32.2. The number of halogens is 1. The number of benzene rings is 2. The molecule has 1 amide bonds. The molecular formula is C28H33ClN8O3. The number of amides is 1. The molecule has 2 atom stereocenters. The fraction of sp³-hybridized carbons (Fsp3) is 0.357. The molecule has 0 saturated heterocycles. The normalized spacial score (nSPS) is 12.7. The van der Waals surface area contributed by atoms with Gasteiger partial charge < -0.3 is 20.8 Å². The van der Waals surface area contributed by atoms with Crippen molar-refractivity contribution in [3.8, 4) is 22.5 Å². The number of nitrogens with two attached hydrogens (primary N) is 1. The Hall–Kier alpha value is -4.09. The SMILES string of the molecule is CCCCc1nc(Cl)c([C@@H](Cc2ccc(-c3ccccc3)c(-c3nn[nH]n3)c2)OC(=O)[C@@H](CCC(N)=O)NC)[nH]1. The lowest BCUT2D eigenvalue weighted by Crippen LogP contribution is -2.37. The predicted molar refractivity (Wildman–Crippen MR) is 151 cm³/mol. The minimum atomic E-state index is -0.770. The Kier molecular flexibility index (Phi) is 9.98. The number of esters is 1. The Morgan fingerprint density at radius 1 is 1.15 bits per heavy atom. The number of carbonyl (C=O) groups is 2. The van der Waals surface area contributed by atoms with Crippen LogP contribution in [0.4, 0.5) is 0 Å². The van der Waals surface area contributed by atoms with Crippen LogP contribution in [0, 0.1) is 0 Å². The van der Waals surface area contributed by atoms with Crippen LogP contribution in [0.2, 0.25) is 5.15 Å². The molecule has 210 valence electrons. The monoisotopic (exact) mass is 564 g/mol. The summed E-state index contributed by atoms with van der Waals surface area (Å²) in [5.41, 5.74) is 9.37. The lowest BCUT2D eigenvalue weighted by molar-refractivity contribution is -0.152. The third-order valence-electron chi connectivity index (χ3n) is 6.57. The molecule has 2 heterocycles. The molecule has 2 aromatic heterocycles. The number of aromatic nitrogens is 6. The van der Waals surface area contributed by atoms with Crippen LogP contribution in [-0.2, 0) is 27.2 Å². The van der Waals surface area contributed by atoms with Gasteiger partial charge in [0.1, 0.15) is 18.0 Å². The number of aryl methyl sites for hydroxylation is 1. The molecule has 2 aromatic carbocycles. The summed E-state index contributed by atoms with van der Waals surface area (Å²) in [7, 11) is 1.63. The van der Waals surface area contributed by atoms with Crippen molar-refractivity contribution in [2.45, 2.75) is 57.6 Å². The zero-order chi connectivity index (χ0) is 28.5. The van der Waals surface area contributed by atoms with E-state index in [0.29, 0.717) is 17.9 Å². The van der Waals surface area contributed by atoms with E-state index in [2.05, 4.69) is 42.8 Å². The van der Waals surface area contributed by atoms with Gasteiger partial charge in [0, 0.05) is 24.8 Å². The number of H-pyrrole nitrogens is 2. The van der Waals surface area contributed by atoms with Gasteiger partial charge in [-0.15, -0.1) is 10.2 Å². The van der Waals surface area contributed by atoms with Crippen molar-refractivity contribution >= 4 is 23.5 Å². The van der Waals surface area contributed by atoms with Gasteiger partial charge in [-0.2, -0.15) is 5.21 Å². The van der Waals surface area contributed by atoms with Gasteiger partial charge in [0.25, 0.3) is 0 Å². The van der Waals surface area contributed by atoms with E-state index in [9.17, 15) is 9.59 Å². The number of unbranched alkanes of at least 4 members (excludes halogenated alkanes) is 1. The molecule has 0 aliphatic rings. The van der Waals surface area contributed by atoms with Gasteiger partial charge in [0.15, 0.2) is 5.15 Å². The highest BCUT2D eigenvalue weighted by Gasteiger charge is 2.28. The summed E-state index contributed by atoms with van der Waals surface area (Å²) in [6, 6.07) is 15.1. The number of aromatic amines is 2. The van der Waals surface area contributed by atoms with Crippen molar-refractivity contribution in [1.82, 2.24) is 35.9 Å². The molecule has 11 nitrogen and oxygen atoms in total. The largest absolute Gasteiger partial charge is 0.454 e. The summed E-state index contributed by atoms with van der Waals surface area (Å²) in [5, 5.41) is 17.8. The third kappa shape index (κ3) is 7.30. The summed E-state index contributed by atoms with van der Waals surface area (Å²) in [5.74, 6) is 0.161. The smallest absolute Gasteiger partial charge is 0.323 e. The molecule has 0 fully saturated rings. The van der Waals surface area contributed by atoms with Crippen molar-refractivity contribution in [3.63, 3.8) is 0 Å². The molecule has 0 saturated carbocycles.